The number of hydrogen-bond donors (Lipinski definition) is 1. The first kappa shape index (κ1) is 19.0. The van der Waals surface area contributed by atoms with Crippen LogP contribution in [0.15, 0.2) is 47.4 Å². The van der Waals surface area contributed by atoms with Crippen LogP contribution in [0.2, 0.25) is 5.02 Å². The molecule has 140 valence electrons. The second kappa shape index (κ2) is 7.86. The minimum Gasteiger partial charge on any atom is -0.367 e. The highest BCUT2D eigenvalue weighted by Gasteiger charge is 2.21. The van der Waals surface area contributed by atoms with Gasteiger partial charge in [-0.2, -0.15) is 0 Å². The molecule has 0 aromatic heterocycles. The van der Waals surface area contributed by atoms with Crippen molar-refractivity contribution in [1.29, 1.82) is 0 Å². The Morgan fingerprint density at radius 3 is 2.42 bits per heavy atom. The van der Waals surface area contributed by atoms with Gasteiger partial charge in [0.25, 0.3) is 10.0 Å². The Morgan fingerprint density at radius 2 is 1.77 bits per heavy atom. The Labute approximate surface area is 160 Å². The second-order valence-electron chi connectivity index (χ2n) is 6.45. The van der Waals surface area contributed by atoms with E-state index in [2.05, 4.69) is 21.4 Å². The molecule has 1 aliphatic rings. The summed E-state index contributed by atoms with van der Waals surface area (Å²) in [6, 6.07) is 12.3. The standard InChI is InChI=1S/C19H24ClN3O2S/c1-3-22-10-12-23(13-11-22)19-7-5-4-6-18(19)21-26(24,25)16-9-8-15(2)17(20)14-16/h4-9,14,21H,3,10-13H2,1-2H3. The number of anilines is 2. The Kier molecular flexibility index (Phi) is 5.75. The summed E-state index contributed by atoms with van der Waals surface area (Å²) in [6.45, 7) is 8.75. The number of sulfonamides is 1. The van der Waals surface area contributed by atoms with E-state index in [1.54, 1.807) is 18.2 Å². The van der Waals surface area contributed by atoms with Gasteiger partial charge in [0.15, 0.2) is 0 Å². The van der Waals surface area contributed by atoms with Gasteiger partial charge in [0.1, 0.15) is 0 Å². The fourth-order valence-corrected chi connectivity index (χ4v) is 4.43. The van der Waals surface area contributed by atoms with Gasteiger partial charge >= 0.3 is 0 Å². The molecule has 0 bridgehead atoms. The van der Waals surface area contributed by atoms with E-state index in [1.165, 1.54) is 6.07 Å². The fourth-order valence-electron chi connectivity index (χ4n) is 3.09. The molecule has 0 spiro atoms. The van der Waals surface area contributed by atoms with E-state index in [0.717, 1.165) is 44.0 Å². The van der Waals surface area contributed by atoms with Gasteiger partial charge in [-0.15, -0.1) is 0 Å². The summed E-state index contributed by atoms with van der Waals surface area (Å²) in [5, 5.41) is 0.442. The maximum absolute atomic E-state index is 12.8. The van der Waals surface area contributed by atoms with E-state index in [0.29, 0.717) is 10.7 Å². The smallest absolute Gasteiger partial charge is 0.262 e. The third kappa shape index (κ3) is 4.14. The lowest BCUT2D eigenvalue weighted by molar-refractivity contribution is 0.271. The summed E-state index contributed by atoms with van der Waals surface area (Å²) in [7, 11) is -3.70. The summed E-state index contributed by atoms with van der Waals surface area (Å²) in [5.74, 6) is 0. The van der Waals surface area contributed by atoms with E-state index in [-0.39, 0.29) is 4.90 Å². The molecule has 0 saturated carbocycles. The van der Waals surface area contributed by atoms with Crippen LogP contribution in [0.4, 0.5) is 11.4 Å². The van der Waals surface area contributed by atoms with Crippen molar-refractivity contribution in [3.8, 4) is 0 Å². The average Bonchev–Trinajstić information content (AvgIpc) is 2.64. The topological polar surface area (TPSA) is 52.6 Å². The zero-order valence-electron chi connectivity index (χ0n) is 15.1. The van der Waals surface area contributed by atoms with Gasteiger partial charge in [-0.05, 0) is 43.3 Å². The zero-order chi connectivity index (χ0) is 18.7. The van der Waals surface area contributed by atoms with E-state index in [1.807, 2.05) is 25.1 Å². The number of halogens is 1. The van der Waals surface area contributed by atoms with Crippen LogP contribution >= 0.6 is 11.6 Å². The lowest BCUT2D eigenvalue weighted by Gasteiger charge is -2.36. The SMILES string of the molecule is CCN1CCN(c2ccccc2NS(=O)(=O)c2ccc(C)c(Cl)c2)CC1. The van der Waals surface area contributed by atoms with E-state index >= 15 is 0 Å². The van der Waals surface area contributed by atoms with Crippen molar-refractivity contribution in [3.05, 3.63) is 53.1 Å². The highest BCUT2D eigenvalue weighted by Crippen LogP contribution is 2.29. The van der Waals surface area contributed by atoms with Crippen LogP contribution in [-0.2, 0) is 10.0 Å². The number of nitrogens with zero attached hydrogens (tertiary/aromatic N) is 2. The number of aryl methyl sites for hydroxylation is 1. The van der Waals surface area contributed by atoms with Crippen molar-refractivity contribution in [1.82, 2.24) is 4.90 Å². The van der Waals surface area contributed by atoms with Gasteiger partial charge in [-0.1, -0.05) is 36.7 Å². The normalized spacial score (nSPS) is 15.9. The molecule has 5 nitrogen and oxygen atoms in total. The lowest BCUT2D eigenvalue weighted by Crippen LogP contribution is -2.46. The van der Waals surface area contributed by atoms with Crippen molar-refractivity contribution in [2.45, 2.75) is 18.7 Å². The number of para-hydroxylation sites is 2. The molecular weight excluding hydrogens is 370 g/mol. The van der Waals surface area contributed by atoms with E-state index in [9.17, 15) is 8.42 Å². The number of benzene rings is 2. The van der Waals surface area contributed by atoms with Gasteiger partial charge < -0.3 is 9.80 Å². The molecule has 0 atom stereocenters. The van der Waals surface area contributed by atoms with Crippen LogP contribution in [-0.4, -0.2) is 46.0 Å². The molecule has 1 heterocycles. The largest absolute Gasteiger partial charge is 0.367 e. The molecule has 1 fully saturated rings. The minimum atomic E-state index is -3.70. The number of nitrogens with one attached hydrogen (secondary N) is 1. The molecule has 7 heteroatoms. The summed E-state index contributed by atoms with van der Waals surface area (Å²) in [5.41, 5.74) is 2.35. The molecular formula is C19H24ClN3O2S. The third-order valence-electron chi connectivity index (χ3n) is 4.76. The first-order valence-electron chi connectivity index (χ1n) is 8.76. The monoisotopic (exact) mass is 393 g/mol. The van der Waals surface area contributed by atoms with Crippen molar-refractivity contribution >= 4 is 33.0 Å². The highest BCUT2D eigenvalue weighted by molar-refractivity contribution is 7.92. The van der Waals surface area contributed by atoms with Crippen molar-refractivity contribution in [2.24, 2.45) is 0 Å². The second-order valence-corrected chi connectivity index (χ2v) is 8.54. The molecule has 2 aromatic carbocycles. The Bertz CT molecular complexity index is 878. The summed E-state index contributed by atoms with van der Waals surface area (Å²) in [4.78, 5) is 4.78. The molecule has 0 unspecified atom stereocenters. The molecule has 3 rings (SSSR count). The van der Waals surface area contributed by atoms with Gasteiger partial charge in [-0.25, -0.2) is 8.42 Å². The molecule has 26 heavy (non-hydrogen) atoms. The number of rotatable bonds is 5. The molecule has 0 radical (unpaired) electrons. The predicted octanol–water partition coefficient (Wildman–Crippen LogP) is 3.59. The van der Waals surface area contributed by atoms with Crippen LogP contribution in [0.1, 0.15) is 12.5 Å². The van der Waals surface area contributed by atoms with Gasteiger partial charge in [-0.3, -0.25) is 4.72 Å². The van der Waals surface area contributed by atoms with Crippen molar-refractivity contribution in [2.75, 3.05) is 42.3 Å². The van der Waals surface area contributed by atoms with E-state index < -0.39 is 10.0 Å². The van der Waals surface area contributed by atoms with Crippen LogP contribution in [0.25, 0.3) is 0 Å². The maximum atomic E-state index is 12.8. The van der Waals surface area contributed by atoms with Crippen molar-refractivity contribution < 1.29 is 8.42 Å². The van der Waals surface area contributed by atoms with Gasteiger partial charge in [0, 0.05) is 31.2 Å². The lowest BCUT2D eigenvalue weighted by atomic mass is 10.2. The predicted molar refractivity (Wildman–Crippen MR) is 108 cm³/mol. The quantitative estimate of drug-likeness (QED) is 0.843. The molecule has 2 aromatic rings. The summed E-state index contributed by atoms with van der Waals surface area (Å²) >= 11 is 6.10. The molecule has 0 aliphatic carbocycles. The zero-order valence-corrected chi connectivity index (χ0v) is 16.6. The van der Waals surface area contributed by atoms with Gasteiger partial charge in [0.2, 0.25) is 0 Å². The van der Waals surface area contributed by atoms with Crippen LogP contribution in [0, 0.1) is 6.92 Å². The number of piperazine rings is 1. The van der Waals surface area contributed by atoms with Crippen LogP contribution in [0.5, 0.6) is 0 Å². The summed E-state index contributed by atoms with van der Waals surface area (Å²) in [6.07, 6.45) is 0. The minimum absolute atomic E-state index is 0.165. The first-order valence-corrected chi connectivity index (χ1v) is 10.6. The first-order chi connectivity index (χ1) is 12.4. The molecule has 1 aliphatic heterocycles. The number of likely N-dealkylation sites (N-methyl/N-ethyl adjacent to an activating group) is 1. The van der Waals surface area contributed by atoms with Crippen LogP contribution in [0.3, 0.4) is 0 Å². The van der Waals surface area contributed by atoms with Crippen molar-refractivity contribution in [3.63, 3.8) is 0 Å². The van der Waals surface area contributed by atoms with E-state index in [4.69, 9.17) is 11.6 Å². The Hall–Kier alpha value is -1.76. The number of hydrogen-bond acceptors (Lipinski definition) is 4. The van der Waals surface area contributed by atoms with Crippen LogP contribution < -0.4 is 9.62 Å². The maximum Gasteiger partial charge on any atom is 0.262 e. The molecule has 1 N–H and O–H groups in total. The Morgan fingerprint density at radius 1 is 1.08 bits per heavy atom. The average molecular weight is 394 g/mol. The highest BCUT2D eigenvalue weighted by atomic mass is 35.5. The summed E-state index contributed by atoms with van der Waals surface area (Å²) < 4.78 is 28.3. The fraction of sp³-hybridized carbons (Fsp3) is 0.368. The third-order valence-corrected chi connectivity index (χ3v) is 6.53. The molecule has 0 amide bonds. The molecule has 1 saturated heterocycles. The Balaban J connectivity index is 1.85. The van der Waals surface area contributed by atoms with Gasteiger partial charge in [0.05, 0.1) is 16.3 Å².